The van der Waals surface area contributed by atoms with Crippen molar-refractivity contribution in [2.45, 2.75) is 39.5 Å². The minimum atomic E-state index is 0.0243. The number of nitrogens with zero attached hydrogens (tertiary/aromatic N) is 2. The molecule has 1 fully saturated rings. The van der Waals surface area contributed by atoms with Crippen molar-refractivity contribution in [1.29, 1.82) is 0 Å². The van der Waals surface area contributed by atoms with E-state index in [4.69, 9.17) is 4.42 Å². The molecule has 1 saturated heterocycles. The molecule has 4 nitrogen and oxygen atoms in total. The minimum absolute atomic E-state index is 0.0243. The molecule has 16 heavy (non-hydrogen) atoms. The number of aryl methyl sites for hydroxylation is 2. The molecule has 0 saturated carbocycles. The van der Waals surface area contributed by atoms with Gasteiger partial charge in [-0.25, -0.2) is 4.98 Å². The summed E-state index contributed by atoms with van der Waals surface area (Å²) in [6, 6.07) is 0. The van der Waals surface area contributed by atoms with E-state index >= 15 is 0 Å². The maximum absolute atomic E-state index is 12.2. The standard InChI is InChI=1S/C12H18N2O2/c1-9-11(13-10(2)16-9)12(15)14-7-5-3-4-6-8-14/h3-8H2,1-2H3. The van der Waals surface area contributed by atoms with Gasteiger partial charge in [0.05, 0.1) is 0 Å². The zero-order valence-corrected chi connectivity index (χ0v) is 9.95. The zero-order valence-electron chi connectivity index (χ0n) is 9.95. The molecule has 2 rings (SSSR count). The number of aromatic nitrogens is 1. The summed E-state index contributed by atoms with van der Waals surface area (Å²) in [5.41, 5.74) is 0.486. The quantitative estimate of drug-likeness (QED) is 0.732. The second kappa shape index (κ2) is 4.68. The van der Waals surface area contributed by atoms with Gasteiger partial charge in [-0.1, -0.05) is 12.8 Å². The lowest BCUT2D eigenvalue weighted by molar-refractivity contribution is 0.0754. The van der Waals surface area contributed by atoms with Crippen molar-refractivity contribution in [3.05, 3.63) is 17.3 Å². The summed E-state index contributed by atoms with van der Waals surface area (Å²) in [7, 11) is 0. The highest BCUT2D eigenvalue weighted by Crippen LogP contribution is 2.15. The van der Waals surface area contributed by atoms with Crippen LogP contribution in [0.5, 0.6) is 0 Å². The van der Waals surface area contributed by atoms with Crippen LogP contribution in [0.2, 0.25) is 0 Å². The van der Waals surface area contributed by atoms with Gasteiger partial charge >= 0.3 is 0 Å². The van der Waals surface area contributed by atoms with Crippen molar-refractivity contribution >= 4 is 5.91 Å². The van der Waals surface area contributed by atoms with Crippen molar-refractivity contribution < 1.29 is 9.21 Å². The first-order chi connectivity index (χ1) is 7.68. The number of amides is 1. The molecule has 0 unspecified atom stereocenters. The van der Waals surface area contributed by atoms with Crippen LogP contribution in [0.1, 0.15) is 47.8 Å². The van der Waals surface area contributed by atoms with Crippen molar-refractivity contribution in [3.8, 4) is 0 Å². The summed E-state index contributed by atoms with van der Waals surface area (Å²) in [6.07, 6.45) is 4.64. The molecule has 2 heterocycles. The van der Waals surface area contributed by atoms with Gasteiger partial charge in [0.2, 0.25) is 0 Å². The van der Waals surface area contributed by atoms with E-state index in [1.807, 2.05) is 4.90 Å². The van der Waals surface area contributed by atoms with E-state index in [2.05, 4.69) is 4.98 Å². The number of hydrogen-bond donors (Lipinski definition) is 0. The summed E-state index contributed by atoms with van der Waals surface area (Å²) in [6.45, 7) is 5.27. The third-order valence-electron chi connectivity index (χ3n) is 3.00. The van der Waals surface area contributed by atoms with Crippen LogP contribution in [0.3, 0.4) is 0 Å². The molecule has 0 N–H and O–H groups in total. The fraction of sp³-hybridized carbons (Fsp3) is 0.667. The Balaban J connectivity index is 2.14. The Bertz CT molecular complexity index is 376. The molecule has 1 aromatic heterocycles. The molecule has 1 aliphatic heterocycles. The number of carbonyl (C=O) groups excluding carboxylic acids is 1. The smallest absolute Gasteiger partial charge is 0.276 e. The Hall–Kier alpha value is -1.32. The van der Waals surface area contributed by atoms with Gasteiger partial charge in [0, 0.05) is 20.0 Å². The summed E-state index contributed by atoms with van der Waals surface area (Å²) in [4.78, 5) is 18.2. The van der Waals surface area contributed by atoms with Crippen LogP contribution < -0.4 is 0 Å². The highest BCUT2D eigenvalue weighted by molar-refractivity contribution is 5.93. The van der Waals surface area contributed by atoms with Gasteiger partial charge in [-0.15, -0.1) is 0 Å². The van der Waals surface area contributed by atoms with Crippen molar-refractivity contribution in [2.24, 2.45) is 0 Å². The molecule has 0 aliphatic carbocycles. The first-order valence-electron chi connectivity index (χ1n) is 5.92. The topological polar surface area (TPSA) is 46.3 Å². The largest absolute Gasteiger partial charge is 0.445 e. The Morgan fingerprint density at radius 2 is 1.81 bits per heavy atom. The van der Waals surface area contributed by atoms with E-state index in [1.165, 1.54) is 12.8 Å². The van der Waals surface area contributed by atoms with Crippen molar-refractivity contribution in [1.82, 2.24) is 9.88 Å². The highest BCUT2D eigenvalue weighted by Gasteiger charge is 2.22. The Kier molecular flexibility index (Phi) is 3.27. The van der Waals surface area contributed by atoms with E-state index in [0.29, 0.717) is 17.3 Å². The monoisotopic (exact) mass is 222 g/mol. The van der Waals surface area contributed by atoms with Crippen molar-refractivity contribution in [2.75, 3.05) is 13.1 Å². The van der Waals surface area contributed by atoms with Gasteiger partial charge in [0.1, 0.15) is 5.76 Å². The first-order valence-corrected chi connectivity index (χ1v) is 5.92. The molecule has 0 radical (unpaired) electrons. The molecule has 1 amide bonds. The van der Waals surface area contributed by atoms with Crippen molar-refractivity contribution in [3.63, 3.8) is 0 Å². The third kappa shape index (κ3) is 2.26. The van der Waals surface area contributed by atoms with E-state index in [0.717, 1.165) is 25.9 Å². The van der Waals surface area contributed by atoms with Gasteiger partial charge in [0.25, 0.3) is 5.91 Å². The molecular weight excluding hydrogens is 204 g/mol. The lowest BCUT2D eigenvalue weighted by Gasteiger charge is -2.18. The average molecular weight is 222 g/mol. The van der Waals surface area contributed by atoms with Crippen LogP contribution in [0.25, 0.3) is 0 Å². The molecule has 0 spiro atoms. The molecular formula is C12H18N2O2. The fourth-order valence-corrected chi connectivity index (χ4v) is 2.15. The molecule has 0 bridgehead atoms. The fourth-order valence-electron chi connectivity index (χ4n) is 2.15. The van der Waals surface area contributed by atoms with Crippen LogP contribution >= 0.6 is 0 Å². The number of oxazole rings is 1. The molecule has 1 aliphatic rings. The van der Waals surface area contributed by atoms with E-state index in [1.54, 1.807) is 13.8 Å². The molecule has 0 aromatic carbocycles. The maximum atomic E-state index is 12.2. The lowest BCUT2D eigenvalue weighted by atomic mass is 10.2. The van der Waals surface area contributed by atoms with E-state index in [-0.39, 0.29) is 5.91 Å². The van der Waals surface area contributed by atoms with Crippen LogP contribution in [0, 0.1) is 13.8 Å². The Morgan fingerprint density at radius 3 is 2.31 bits per heavy atom. The number of carbonyl (C=O) groups is 1. The maximum Gasteiger partial charge on any atom is 0.276 e. The normalized spacial score (nSPS) is 17.2. The lowest BCUT2D eigenvalue weighted by Crippen LogP contribution is -2.32. The summed E-state index contributed by atoms with van der Waals surface area (Å²) < 4.78 is 5.30. The second-order valence-corrected chi connectivity index (χ2v) is 4.34. The SMILES string of the molecule is Cc1nc(C(=O)N2CCCCCC2)c(C)o1. The predicted octanol–water partition coefficient (Wildman–Crippen LogP) is 2.31. The third-order valence-corrected chi connectivity index (χ3v) is 3.00. The first kappa shape index (κ1) is 11.2. The number of likely N-dealkylation sites (tertiary alicyclic amines) is 1. The van der Waals surface area contributed by atoms with Gasteiger partial charge in [0.15, 0.2) is 11.6 Å². The van der Waals surface area contributed by atoms with E-state index in [9.17, 15) is 4.79 Å². The van der Waals surface area contributed by atoms with Crippen LogP contribution in [0.4, 0.5) is 0 Å². The molecule has 1 aromatic rings. The highest BCUT2D eigenvalue weighted by atomic mass is 16.4. The number of rotatable bonds is 1. The summed E-state index contributed by atoms with van der Waals surface area (Å²) in [5, 5.41) is 0. The second-order valence-electron chi connectivity index (χ2n) is 4.34. The average Bonchev–Trinajstić information content (AvgIpc) is 2.49. The Morgan fingerprint density at radius 1 is 1.19 bits per heavy atom. The van der Waals surface area contributed by atoms with Gasteiger partial charge in [-0.05, 0) is 19.8 Å². The molecule has 88 valence electrons. The van der Waals surface area contributed by atoms with Gasteiger partial charge in [-0.3, -0.25) is 4.79 Å². The molecule has 4 heteroatoms. The van der Waals surface area contributed by atoms with Crippen LogP contribution in [-0.4, -0.2) is 28.9 Å². The Labute approximate surface area is 95.6 Å². The predicted molar refractivity (Wildman–Crippen MR) is 60.3 cm³/mol. The molecule has 0 atom stereocenters. The summed E-state index contributed by atoms with van der Waals surface area (Å²) >= 11 is 0. The summed E-state index contributed by atoms with van der Waals surface area (Å²) in [5.74, 6) is 1.22. The van der Waals surface area contributed by atoms with Gasteiger partial charge < -0.3 is 9.32 Å². The van der Waals surface area contributed by atoms with Gasteiger partial charge in [-0.2, -0.15) is 0 Å². The minimum Gasteiger partial charge on any atom is -0.445 e. The van der Waals surface area contributed by atoms with Crippen LogP contribution in [-0.2, 0) is 0 Å². The number of hydrogen-bond acceptors (Lipinski definition) is 3. The van der Waals surface area contributed by atoms with Crippen LogP contribution in [0.15, 0.2) is 4.42 Å². The van der Waals surface area contributed by atoms with E-state index < -0.39 is 0 Å². The zero-order chi connectivity index (χ0) is 11.5.